The summed E-state index contributed by atoms with van der Waals surface area (Å²) in [6.07, 6.45) is 2.02. The van der Waals surface area contributed by atoms with Crippen molar-refractivity contribution in [1.82, 2.24) is 25.1 Å². The third-order valence-electron chi connectivity index (χ3n) is 5.92. The van der Waals surface area contributed by atoms with E-state index in [9.17, 15) is 4.79 Å². The number of nitrogens with zero attached hydrogens (tertiary/aromatic N) is 4. The summed E-state index contributed by atoms with van der Waals surface area (Å²) in [4.78, 5) is 17.0. The van der Waals surface area contributed by atoms with Gasteiger partial charge in [-0.3, -0.25) is 9.36 Å². The predicted molar refractivity (Wildman–Crippen MR) is 140 cm³/mol. The summed E-state index contributed by atoms with van der Waals surface area (Å²) in [6, 6.07) is 25.7. The molecule has 1 N–H and O–H groups in total. The minimum atomic E-state index is -0.319. The van der Waals surface area contributed by atoms with Gasteiger partial charge >= 0.3 is 0 Å². The van der Waals surface area contributed by atoms with Crippen LogP contribution in [-0.2, 0) is 18.7 Å². The first-order chi connectivity index (χ1) is 18.7. The lowest BCUT2D eigenvalue weighted by atomic mass is 10.1. The molecule has 9 nitrogen and oxygen atoms in total. The number of fused-ring (bicyclic) bond motifs is 1. The second-order valence-electron chi connectivity index (χ2n) is 8.52. The minimum Gasteiger partial charge on any atom is -0.454 e. The predicted octanol–water partition coefficient (Wildman–Crippen LogP) is 4.80. The molecule has 3 aromatic carbocycles. The number of benzene rings is 3. The Bertz CT molecular complexity index is 1550. The Morgan fingerprint density at radius 2 is 1.71 bits per heavy atom. The van der Waals surface area contributed by atoms with Gasteiger partial charge in [0, 0.05) is 18.7 Å². The molecular weight excluding hydrogens is 502 g/mol. The average molecular weight is 526 g/mol. The van der Waals surface area contributed by atoms with E-state index in [0.717, 1.165) is 22.6 Å². The molecule has 1 amide bonds. The van der Waals surface area contributed by atoms with Gasteiger partial charge in [-0.1, -0.05) is 66.4 Å². The van der Waals surface area contributed by atoms with Gasteiger partial charge in [-0.2, -0.15) is 0 Å². The summed E-state index contributed by atoms with van der Waals surface area (Å²) < 4.78 is 18.3. The molecule has 190 valence electrons. The number of thioether (sulfide) groups is 1. The van der Waals surface area contributed by atoms with E-state index < -0.39 is 0 Å². The molecule has 10 heteroatoms. The van der Waals surface area contributed by atoms with Crippen LogP contribution in [0.3, 0.4) is 0 Å². The lowest BCUT2D eigenvalue weighted by Crippen LogP contribution is -2.23. The summed E-state index contributed by atoms with van der Waals surface area (Å²) in [6.45, 7) is 0.539. The Morgan fingerprint density at radius 1 is 0.921 bits per heavy atom. The van der Waals surface area contributed by atoms with Crippen molar-refractivity contribution in [2.75, 3.05) is 6.79 Å². The Hall–Kier alpha value is -4.57. The molecule has 6 rings (SSSR count). The van der Waals surface area contributed by atoms with Crippen molar-refractivity contribution in [2.45, 2.75) is 23.9 Å². The van der Waals surface area contributed by atoms with Crippen molar-refractivity contribution in [2.24, 2.45) is 0 Å². The summed E-state index contributed by atoms with van der Waals surface area (Å²) >= 11 is 1.45. The topological polar surface area (TPSA) is 104 Å². The van der Waals surface area contributed by atoms with Gasteiger partial charge in [-0.05, 0) is 35.4 Å². The van der Waals surface area contributed by atoms with Crippen molar-refractivity contribution in [3.8, 4) is 17.2 Å². The number of rotatable bonds is 9. The number of ether oxygens (including phenoxy) is 2. The number of aromatic nitrogens is 4. The minimum absolute atomic E-state index is 0.209. The smallest absolute Gasteiger partial charge is 0.273 e. The van der Waals surface area contributed by atoms with E-state index in [1.807, 2.05) is 71.3 Å². The van der Waals surface area contributed by atoms with Crippen LogP contribution in [0.15, 0.2) is 94.7 Å². The fraction of sp³-hybridized carbons (Fsp3) is 0.143. The molecule has 0 bridgehead atoms. The maximum Gasteiger partial charge on any atom is 0.273 e. The van der Waals surface area contributed by atoms with Crippen LogP contribution in [0, 0.1) is 0 Å². The summed E-state index contributed by atoms with van der Waals surface area (Å²) in [5.41, 5.74) is 3.24. The molecule has 0 aliphatic carbocycles. The van der Waals surface area contributed by atoms with Gasteiger partial charge in [-0.25, -0.2) is 4.98 Å². The van der Waals surface area contributed by atoms with E-state index >= 15 is 0 Å². The summed E-state index contributed by atoms with van der Waals surface area (Å²) in [5.74, 6) is 2.71. The Balaban J connectivity index is 1.12. The lowest BCUT2D eigenvalue weighted by molar-refractivity contribution is 0.0945. The van der Waals surface area contributed by atoms with Crippen molar-refractivity contribution in [1.29, 1.82) is 0 Å². The van der Waals surface area contributed by atoms with Crippen LogP contribution in [-0.4, -0.2) is 32.4 Å². The van der Waals surface area contributed by atoms with E-state index in [0.29, 0.717) is 41.3 Å². The number of carbonyl (C=O) groups is 1. The molecule has 0 saturated heterocycles. The van der Waals surface area contributed by atoms with Crippen LogP contribution < -0.4 is 14.8 Å². The molecule has 3 heterocycles. The lowest BCUT2D eigenvalue weighted by Gasteiger charge is -2.10. The molecule has 0 unspecified atom stereocenters. The highest BCUT2D eigenvalue weighted by Gasteiger charge is 2.18. The number of carbonyl (C=O) groups excluding carboxylic acids is 1. The second kappa shape index (κ2) is 10.8. The molecule has 1 aliphatic rings. The molecule has 0 spiro atoms. The van der Waals surface area contributed by atoms with Crippen molar-refractivity contribution in [3.05, 3.63) is 114 Å². The maximum atomic E-state index is 12.6. The van der Waals surface area contributed by atoms with Crippen LogP contribution in [0.4, 0.5) is 0 Å². The molecule has 38 heavy (non-hydrogen) atoms. The second-order valence-corrected chi connectivity index (χ2v) is 9.46. The number of para-hydroxylation sites is 1. The van der Waals surface area contributed by atoms with Crippen LogP contribution in [0.1, 0.15) is 33.3 Å². The Morgan fingerprint density at radius 3 is 2.55 bits per heavy atom. The molecular formula is C28H23N5O4S. The van der Waals surface area contributed by atoms with Gasteiger partial charge in [-0.15, -0.1) is 10.2 Å². The largest absolute Gasteiger partial charge is 0.454 e. The van der Waals surface area contributed by atoms with E-state index in [1.165, 1.54) is 18.0 Å². The highest BCUT2D eigenvalue weighted by Crippen LogP contribution is 2.32. The first-order valence-corrected chi connectivity index (χ1v) is 13.0. The van der Waals surface area contributed by atoms with Gasteiger partial charge in [0.05, 0.1) is 5.75 Å². The molecule has 5 aromatic rings. The third-order valence-corrected chi connectivity index (χ3v) is 6.83. The Kier molecular flexibility index (Phi) is 6.77. The number of hydrogen-bond donors (Lipinski definition) is 1. The molecule has 1 aliphatic heterocycles. The SMILES string of the molecule is O=C(NCc1ccc2c(c1)OCO2)c1coc(CSc2nnc(Cc3ccccc3)n2-c2ccccc2)n1. The third kappa shape index (κ3) is 5.25. The van der Waals surface area contributed by atoms with Crippen LogP contribution >= 0.6 is 11.8 Å². The van der Waals surface area contributed by atoms with Gasteiger partial charge in [0.15, 0.2) is 22.3 Å². The van der Waals surface area contributed by atoms with Crippen LogP contribution in [0.2, 0.25) is 0 Å². The maximum absolute atomic E-state index is 12.6. The number of amides is 1. The van der Waals surface area contributed by atoms with Crippen LogP contribution in [0.5, 0.6) is 11.5 Å². The van der Waals surface area contributed by atoms with Gasteiger partial charge in [0.1, 0.15) is 12.1 Å². The molecule has 0 saturated carbocycles. The molecule has 0 fully saturated rings. The molecule has 2 aromatic heterocycles. The standard InChI is InChI=1S/C28H23N5O4S/c34-27(29-15-20-11-12-23-24(13-20)37-18-36-23)22-16-35-26(30-22)17-38-28-32-31-25(14-19-7-3-1-4-8-19)33(28)21-9-5-2-6-10-21/h1-13,16H,14-15,17-18H2,(H,29,34). The first kappa shape index (κ1) is 23.8. The zero-order chi connectivity index (χ0) is 25.7. The number of hydrogen-bond acceptors (Lipinski definition) is 8. The van der Waals surface area contributed by atoms with E-state index in [2.05, 4.69) is 32.6 Å². The number of oxazole rings is 1. The van der Waals surface area contributed by atoms with Crippen LogP contribution in [0.25, 0.3) is 5.69 Å². The zero-order valence-corrected chi connectivity index (χ0v) is 21.1. The van der Waals surface area contributed by atoms with Gasteiger partial charge in [0.2, 0.25) is 12.7 Å². The average Bonchev–Trinajstić information content (AvgIpc) is 3.71. The van der Waals surface area contributed by atoms with Crippen molar-refractivity contribution in [3.63, 3.8) is 0 Å². The van der Waals surface area contributed by atoms with E-state index in [1.54, 1.807) is 0 Å². The van der Waals surface area contributed by atoms with E-state index in [4.69, 9.17) is 13.9 Å². The van der Waals surface area contributed by atoms with Crippen molar-refractivity contribution < 1.29 is 18.7 Å². The van der Waals surface area contributed by atoms with Crippen molar-refractivity contribution >= 4 is 17.7 Å². The summed E-state index contributed by atoms with van der Waals surface area (Å²) in [7, 11) is 0. The highest BCUT2D eigenvalue weighted by atomic mass is 32.2. The first-order valence-electron chi connectivity index (χ1n) is 12.0. The quantitative estimate of drug-likeness (QED) is 0.274. The molecule has 0 atom stereocenters. The van der Waals surface area contributed by atoms with Gasteiger partial charge in [0.25, 0.3) is 5.91 Å². The fourth-order valence-corrected chi connectivity index (χ4v) is 4.88. The monoisotopic (exact) mass is 525 g/mol. The summed E-state index contributed by atoms with van der Waals surface area (Å²) in [5, 5.41) is 12.5. The fourth-order valence-electron chi connectivity index (χ4n) is 4.05. The zero-order valence-electron chi connectivity index (χ0n) is 20.2. The van der Waals surface area contributed by atoms with E-state index in [-0.39, 0.29) is 18.4 Å². The normalized spacial score (nSPS) is 12.0. The highest BCUT2D eigenvalue weighted by molar-refractivity contribution is 7.98. The molecule has 0 radical (unpaired) electrons. The van der Waals surface area contributed by atoms with Gasteiger partial charge < -0.3 is 19.2 Å². The Labute approximate surface area is 222 Å². The number of nitrogens with one attached hydrogen (secondary N) is 1.